The second-order valence-corrected chi connectivity index (χ2v) is 6.36. The van der Waals surface area contributed by atoms with Gasteiger partial charge in [-0.2, -0.15) is 0 Å². The van der Waals surface area contributed by atoms with Crippen LogP contribution in [0.25, 0.3) is 10.3 Å². The number of hydrogen-bond acceptors (Lipinski definition) is 6. The molecule has 1 saturated heterocycles. The first-order valence-corrected chi connectivity index (χ1v) is 8.03. The maximum absolute atomic E-state index is 12.3. The normalized spacial score (nSPS) is 16.4. The van der Waals surface area contributed by atoms with Crippen molar-refractivity contribution in [3.63, 3.8) is 0 Å². The maximum atomic E-state index is 12.3. The van der Waals surface area contributed by atoms with E-state index in [0.717, 1.165) is 36.1 Å². The van der Waals surface area contributed by atoms with E-state index < -0.39 is 11.4 Å². The number of carbonyl (C=O) groups is 1. The lowest BCUT2D eigenvalue weighted by atomic mass is 10.2. The molecule has 0 amide bonds. The Balaban J connectivity index is 2.10. The van der Waals surface area contributed by atoms with Gasteiger partial charge in [-0.05, 0) is 14.0 Å². The monoisotopic (exact) mass is 322 g/mol. The molecule has 0 spiro atoms. The fraction of sp³-hybridized carbons (Fsp3) is 0.500. The number of thiazole rings is 1. The van der Waals surface area contributed by atoms with Crippen molar-refractivity contribution >= 4 is 32.8 Å². The van der Waals surface area contributed by atoms with E-state index in [-0.39, 0.29) is 11.1 Å². The summed E-state index contributed by atoms with van der Waals surface area (Å²) < 4.78 is 1.79. The van der Waals surface area contributed by atoms with E-state index in [2.05, 4.69) is 21.8 Å². The number of piperazine rings is 1. The van der Waals surface area contributed by atoms with E-state index in [0.29, 0.717) is 6.54 Å². The maximum Gasteiger partial charge on any atom is 0.341 e. The van der Waals surface area contributed by atoms with Gasteiger partial charge in [-0.15, -0.1) is 0 Å². The minimum atomic E-state index is -1.21. The molecule has 2 aromatic rings. The lowest BCUT2D eigenvalue weighted by Gasteiger charge is -2.31. The van der Waals surface area contributed by atoms with Gasteiger partial charge in [0.05, 0.1) is 0 Å². The van der Waals surface area contributed by atoms with E-state index in [1.165, 1.54) is 17.5 Å². The number of hydrogen-bond donors (Lipinski definition) is 1. The molecule has 0 saturated carbocycles. The molecule has 0 radical (unpaired) electrons. The van der Waals surface area contributed by atoms with Crippen molar-refractivity contribution in [1.82, 2.24) is 14.5 Å². The van der Waals surface area contributed by atoms with Gasteiger partial charge in [0.25, 0.3) is 0 Å². The first-order chi connectivity index (χ1) is 10.5. The van der Waals surface area contributed by atoms with Crippen LogP contribution in [0.3, 0.4) is 0 Å². The van der Waals surface area contributed by atoms with Gasteiger partial charge in [0, 0.05) is 38.9 Å². The lowest BCUT2D eigenvalue weighted by molar-refractivity contribution is 0.0695. The smallest absolute Gasteiger partial charge is 0.341 e. The summed E-state index contributed by atoms with van der Waals surface area (Å²) in [6.07, 6.45) is 1.42. The minimum Gasteiger partial charge on any atom is -0.477 e. The average molecular weight is 322 g/mol. The molecule has 0 unspecified atom stereocenters. The molecule has 2 aromatic heterocycles. The van der Waals surface area contributed by atoms with Gasteiger partial charge in [0.15, 0.2) is 5.13 Å². The van der Waals surface area contributed by atoms with Crippen molar-refractivity contribution in [3.05, 3.63) is 22.0 Å². The molecule has 3 rings (SSSR count). The zero-order chi connectivity index (χ0) is 15.9. The third-order valence-electron chi connectivity index (χ3n) is 3.95. The van der Waals surface area contributed by atoms with Crippen molar-refractivity contribution in [2.75, 3.05) is 38.1 Å². The summed E-state index contributed by atoms with van der Waals surface area (Å²) in [5.74, 6) is -1.21. The Kier molecular flexibility index (Phi) is 3.88. The Morgan fingerprint density at radius 2 is 2.05 bits per heavy atom. The van der Waals surface area contributed by atoms with E-state index in [1.54, 1.807) is 4.57 Å². The molecule has 1 aliphatic rings. The Hall–Kier alpha value is -1.93. The SMILES string of the molecule is CCn1cc(C(=O)O)c(=O)c2nc(N3CCN(C)CC3)sc21. The predicted octanol–water partition coefficient (Wildman–Crippen LogP) is 0.928. The molecule has 1 N–H and O–H groups in total. The van der Waals surface area contributed by atoms with Crippen LogP contribution in [-0.4, -0.2) is 58.8 Å². The van der Waals surface area contributed by atoms with Gasteiger partial charge in [-0.3, -0.25) is 4.79 Å². The van der Waals surface area contributed by atoms with E-state index >= 15 is 0 Å². The standard InChI is InChI=1S/C14H18N4O3S/c1-3-17-8-9(13(20)21)11(19)10-12(17)22-14(15-10)18-6-4-16(2)5-7-18/h8H,3-7H2,1-2H3,(H,20,21). The van der Waals surface area contributed by atoms with Crippen LogP contribution in [0.5, 0.6) is 0 Å². The number of aromatic nitrogens is 2. The van der Waals surface area contributed by atoms with Gasteiger partial charge < -0.3 is 19.5 Å². The lowest BCUT2D eigenvalue weighted by Crippen LogP contribution is -2.44. The predicted molar refractivity (Wildman–Crippen MR) is 86.2 cm³/mol. The van der Waals surface area contributed by atoms with Crippen molar-refractivity contribution < 1.29 is 9.90 Å². The summed E-state index contributed by atoms with van der Waals surface area (Å²) in [5.41, 5.74) is -0.450. The summed E-state index contributed by atoms with van der Waals surface area (Å²) in [7, 11) is 2.08. The highest BCUT2D eigenvalue weighted by Crippen LogP contribution is 2.28. The highest BCUT2D eigenvalue weighted by molar-refractivity contribution is 7.21. The van der Waals surface area contributed by atoms with Crippen LogP contribution >= 0.6 is 11.3 Å². The highest BCUT2D eigenvalue weighted by Gasteiger charge is 2.22. The number of rotatable bonds is 3. The van der Waals surface area contributed by atoms with Crippen molar-refractivity contribution in [2.24, 2.45) is 0 Å². The third-order valence-corrected chi connectivity index (χ3v) is 5.10. The number of nitrogens with zero attached hydrogens (tertiary/aromatic N) is 4. The molecule has 0 aliphatic carbocycles. The van der Waals surface area contributed by atoms with Crippen LogP contribution in [-0.2, 0) is 6.54 Å². The van der Waals surface area contributed by atoms with Gasteiger partial charge >= 0.3 is 5.97 Å². The third kappa shape index (κ3) is 2.48. The second-order valence-electron chi connectivity index (χ2n) is 5.40. The second kappa shape index (κ2) is 5.69. The molecule has 7 nitrogen and oxygen atoms in total. The van der Waals surface area contributed by atoms with Crippen LogP contribution in [0.2, 0.25) is 0 Å². The van der Waals surface area contributed by atoms with E-state index in [1.807, 2.05) is 6.92 Å². The quantitative estimate of drug-likeness (QED) is 0.905. The Morgan fingerprint density at radius 1 is 1.36 bits per heavy atom. The number of likely N-dealkylation sites (N-methyl/N-ethyl adjacent to an activating group) is 1. The molecule has 3 heterocycles. The zero-order valence-corrected chi connectivity index (χ0v) is 13.4. The number of carboxylic acid groups (broad SMARTS) is 1. The number of carboxylic acids is 1. The first-order valence-electron chi connectivity index (χ1n) is 7.22. The van der Waals surface area contributed by atoms with Crippen LogP contribution < -0.4 is 10.3 Å². The largest absolute Gasteiger partial charge is 0.477 e. The summed E-state index contributed by atoms with van der Waals surface area (Å²) in [6.45, 7) is 6.15. The highest BCUT2D eigenvalue weighted by atomic mass is 32.1. The Morgan fingerprint density at radius 3 is 2.64 bits per heavy atom. The van der Waals surface area contributed by atoms with Crippen LogP contribution in [0.4, 0.5) is 5.13 Å². The fourth-order valence-corrected chi connectivity index (χ4v) is 3.72. The number of aryl methyl sites for hydroxylation is 1. The van der Waals surface area contributed by atoms with Gasteiger partial charge in [0.2, 0.25) is 5.43 Å². The number of aromatic carboxylic acids is 1. The molecule has 0 aromatic carbocycles. The fourth-order valence-electron chi connectivity index (χ4n) is 2.56. The van der Waals surface area contributed by atoms with Gasteiger partial charge in [-0.25, -0.2) is 9.78 Å². The summed E-state index contributed by atoms with van der Waals surface area (Å²) in [6, 6.07) is 0. The number of pyridine rings is 1. The molecule has 118 valence electrons. The van der Waals surface area contributed by atoms with Crippen molar-refractivity contribution in [3.8, 4) is 0 Å². The molecular weight excluding hydrogens is 304 g/mol. The topological polar surface area (TPSA) is 78.7 Å². The molecule has 1 aliphatic heterocycles. The molecule has 0 atom stereocenters. The minimum absolute atomic E-state index is 0.218. The van der Waals surface area contributed by atoms with E-state index in [4.69, 9.17) is 0 Å². The first kappa shape index (κ1) is 15.0. The average Bonchev–Trinajstić information content (AvgIpc) is 2.94. The van der Waals surface area contributed by atoms with Gasteiger partial charge in [0.1, 0.15) is 15.9 Å². The summed E-state index contributed by atoms with van der Waals surface area (Å²) in [5, 5.41) is 9.97. The number of anilines is 1. The van der Waals surface area contributed by atoms with E-state index in [9.17, 15) is 14.7 Å². The summed E-state index contributed by atoms with van der Waals surface area (Å²) in [4.78, 5) is 33.1. The molecule has 8 heteroatoms. The Bertz CT molecular complexity index is 774. The van der Waals surface area contributed by atoms with Crippen molar-refractivity contribution in [2.45, 2.75) is 13.5 Å². The molecule has 0 bridgehead atoms. The summed E-state index contributed by atoms with van der Waals surface area (Å²) >= 11 is 1.46. The zero-order valence-electron chi connectivity index (χ0n) is 12.6. The van der Waals surface area contributed by atoms with Crippen molar-refractivity contribution in [1.29, 1.82) is 0 Å². The van der Waals surface area contributed by atoms with Gasteiger partial charge in [-0.1, -0.05) is 11.3 Å². The number of fused-ring (bicyclic) bond motifs is 1. The molecule has 22 heavy (non-hydrogen) atoms. The molecular formula is C14H18N4O3S. The molecule has 1 fully saturated rings. The van der Waals surface area contributed by atoms with Crippen LogP contribution in [0.15, 0.2) is 11.0 Å². The van der Waals surface area contributed by atoms with Crippen LogP contribution in [0.1, 0.15) is 17.3 Å². The van der Waals surface area contributed by atoms with Crippen LogP contribution in [0, 0.1) is 0 Å². The Labute approximate surface area is 131 Å².